The molecule has 0 aromatic heterocycles. The number of benzene rings is 2. The first-order valence-corrected chi connectivity index (χ1v) is 14.8. The minimum absolute atomic E-state index is 0.961. The Kier molecular flexibility index (Phi) is 3.50. The summed E-state index contributed by atoms with van der Waals surface area (Å²) in [4.78, 5) is 2.39. The van der Waals surface area contributed by atoms with Crippen LogP contribution in [0.4, 0.5) is 0 Å². The quantitative estimate of drug-likeness (QED) is 0.704. The molecule has 0 saturated heterocycles. The summed E-state index contributed by atoms with van der Waals surface area (Å²) in [5.41, 5.74) is 0. The van der Waals surface area contributed by atoms with Gasteiger partial charge in [0, 0.05) is 0 Å². The summed E-state index contributed by atoms with van der Waals surface area (Å²) in [5, 5.41) is 0. The number of para-hydroxylation sites is 2. The molecule has 2 aliphatic heterocycles. The number of rotatable bonds is 2. The van der Waals surface area contributed by atoms with E-state index in [9.17, 15) is 0 Å². The van der Waals surface area contributed by atoms with Crippen LogP contribution < -0.4 is 7.45 Å². The second-order valence-electron chi connectivity index (χ2n) is 3.79. The zero-order chi connectivity index (χ0) is 12.7. The fourth-order valence-corrected chi connectivity index (χ4v) is 18.9. The number of hydrogen-bond acceptors (Lipinski definition) is 5. The molecular formula is C12H8As2O3S2. The molecule has 0 spiro atoms. The zero-order valence-corrected chi connectivity index (χ0v) is 14.9. The van der Waals surface area contributed by atoms with E-state index in [2.05, 4.69) is 12.1 Å². The zero-order valence-electron chi connectivity index (χ0n) is 9.55. The van der Waals surface area contributed by atoms with Crippen LogP contribution in [0.25, 0.3) is 0 Å². The molecule has 0 bridgehead atoms. The van der Waals surface area contributed by atoms with E-state index in [0.717, 1.165) is 11.5 Å². The first-order valence-electron chi connectivity index (χ1n) is 5.57. The molecule has 96 valence electrons. The van der Waals surface area contributed by atoms with Crippen LogP contribution in [-0.4, -0.2) is 28.4 Å². The molecule has 0 aliphatic carbocycles. The van der Waals surface area contributed by atoms with Crippen LogP contribution in [0.3, 0.4) is 0 Å². The minimum atomic E-state index is -1.79. The van der Waals surface area contributed by atoms with Gasteiger partial charge < -0.3 is 0 Å². The van der Waals surface area contributed by atoms with E-state index in [1.807, 2.05) is 36.4 Å². The maximum atomic E-state index is 6.11. The van der Waals surface area contributed by atoms with Crippen LogP contribution in [0.1, 0.15) is 0 Å². The Hall–Kier alpha value is -0.183. The van der Waals surface area contributed by atoms with Gasteiger partial charge in [-0.2, -0.15) is 0 Å². The summed E-state index contributed by atoms with van der Waals surface area (Å²) in [6.07, 6.45) is 0. The van der Waals surface area contributed by atoms with Gasteiger partial charge in [0.2, 0.25) is 0 Å². The van der Waals surface area contributed by atoms with Gasteiger partial charge in [-0.15, -0.1) is 0 Å². The summed E-state index contributed by atoms with van der Waals surface area (Å²) < 4.78 is 17.9. The van der Waals surface area contributed by atoms with Gasteiger partial charge in [-0.05, 0) is 0 Å². The molecule has 4 rings (SSSR count). The molecule has 0 radical (unpaired) electrons. The Morgan fingerprint density at radius 1 is 0.737 bits per heavy atom. The van der Waals surface area contributed by atoms with Gasteiger partial charge in [0.05, 0.1) is 0 Å². The van der Waals surface area contributed by atoms with Crippen LogP contribution in [0, 0.1) is 0 Å². The summed E-state index contributed by atoms with van der Waals surface area (Å²) in [6.45, 7) is 0. The fourth-order valence-electron chi connectivity index (χ4n) is 1.68. The van der Waals surface area contributed by atoms with Crippen molar-refractivity contribution >= 4 is 48.4 Å². The molecule has 3 nitrogen and oxygen atoms in total. The van der Waals surface area contributed by atoms with E-state index in [1.165, 1.54) is 9.79 Å². The predicted octanol–water partition coefficient (Wildman–Crippen LogP) is 3.34. The molecule has 2 aromatic carbocycles. The van der Waals surface area contributed by atoms with Crippen molar-refractivity contribution in [3.63, 3.8) is 0 Å². The SMILES string of the molecule is c1ccc2c(c1)O[As](O[As]1Oc3ccccc3S1)S2. The van der Waals surface area contributed by atoms with Crippen molar-refractivity contribution in [2.45, 2.75) is 9.79 Å². The van der Waals surface area contributed by atoms with Crippen molar-refractivity contribution in [3.8, 4) is 11.5 Å². The summed E-state index contributed by atoms with van der Waals surface area (Å²) >= 11 is -3.58. The van der Waals surface area contributed by atoms with Gasteiger partial charge in [0.25, 0.3) is 0 Å². The van der Waals surface area contributed by atoms with E-state index in [0.29, 0.717) is 0 Å². The van der Waals surface area contributed by atoms with Crippen molar-refractivity contribution in [1.29, 1.82) is 0 Å². The van der Waals surface area contributed by atoms with Gasteiger partial charge in [0.15, 0.2) is 0 Å². The molecule has 19 heavy (non-hydrogen) atoms. The molecule has 2 aliphatic rings. The molecule has 0 N–H and O–H groups in total. The molecule has 2 unspecified atom stereocenters. The average Bonchev–Trinajstić information content (AvgIpc) is 3.00. The van der Waals surface area contributed by atoms with Gasteiger partial charge in [0.1, 0.15) is 0 Å². The molecular weight excluding hydrogens is 406 g/mol. The van der Waals surface area contributed by atoms with Crippen LogP contribution in [0.2, 0.25) is 0 Å². The van der Waals surface area contributed by atoms with E-state index >= 15 is 0 Å². The van der Waals surface area contributed by atoms with Gasteiger partial charge >= 0.3 is 128 Å². The van der Waals surface area contributed by atoms with Crippen LogP contribution in [0.5, 0.6) is 11.5 Å². The summed E-state index contributed by atoms with van der Waals surface area (Å²) in [6, 6.07) is 16.2. The Bertz CT molecular complexity index is 522. The molecule has 0 saturated carbocycles. The van der Waals surface area contributed by atoms with Gasteiger partial charge in [-0.25, -0.2) is 0 Å². The molecule has 0 amide bonds. The van der Waals surface area contributed by atoms with E-state index in [4.69, 9.17) is 10.2 Å². The van der Waals surface area contributed by atoms with Gasteiger partial charge in [-0.1, -0.05) is 0 Å². The first kappa shape index (κ1) is 12.5. The topological polar surface area (TPSA) is 27.7 Å². The maximum absolute atomic E-state index is 6.11. The van der Waals surface area contributed by atoms with E-state index < -0.39 is 28.4 Å². The van der Waals surface area contributed by atoms with Gasteiger partial charge in [-0.3, -0.25) is 0 Å². The standard InChI is InChI=1S/C12H8As2O3S2/c1-3-7-11-9(5-1)15-13(18-11)17-14-16-10-6-2-4-8-12(10)19-14/h1-8H. The van der Waals surface area contributed by atoms with Crippen molar-refractivity contribution < 1.29 is 10.2 Å². The third-order valence-corrected chi connectivity index (χ3v) is 17.5. The third-order valence-electron chi connectivity index (χ3n) is 2.52. The van der Waals surface area contributed by atoms with Crippen LogP contribution in [0.15, 0.2) is 58.3 Å². The van der Waals surface area contributed by atoms with Crippen LogP contribution in [-0.2, 0) is 2.72 Å². The van der Waals surface area contributed by atoms with Crippen molar-refractivity contribution in [2.75, 3.05) is 0 Å². The average molecular weight is 414 g/mol. The van der Waals surface area contributed by atoms with Crippen LogP contribution >= 0.6 is 20.0 Å². The number of hydrogen-bond donors (Lipinski definition) is 0. The molecule has 2 aromatic rings. The Morgan fingerprint density at radius 2 is 1.21 bits per heavy atom. The summed E-state index contributed by atoms with van der Waals surface area (Å²) in [5.74, 6) is 1.92. The normalized spacial score (nSPS) is 23.4. The molecule has 2 atom stereocenters. The van der Waals surface area contributed by atoms with Crippen molar-refractivity contribution in [1.82, 2.24) is 0 Å². The Balaban J connectivity index is 1.43. The monoisotopic (exact) mass is 414 g/mol. The van der Waals surface area contributed by atoms with Crippen molar-refractivity contribution in [3.05, 3.63) is 48.5 Å². The molecule has 7 heteroatoms. The molecule has 0 fully saturated rings. The van der Waals surface area contributed by atoms with Crippen molar-refractivity contribution in [2.24, 2.45) is 0 Å². The predicted molar refractivity (Wildman–Crippen MR) is 78.4 cm³/mol. The van der Waals surface area contributed by atoms with E-state index in [-0.39, 0.29) is 0 Å². The molecule has 2 heterocycles. The summed E-state index contributed by atoms with van der Waals surface area (Å²) in [7, 11) is 3.49. The Morgan fingerprint density at radius 3 is 1.68 bits per heavy atom. The number of fused-ring (bicyclic) bond motifs is 2. The first-order chi connectivity index (χ1) is 9.38. The second-order valence-corrected chi connectivity index (χ2v) is 15.2. The Labute approximate surface area is 127 Å². The van der Waals surface area contributed by atoms with E-state index in [1.54, 1.807) is 20.0 Å². The fraction of sp³-hybridized carbons (Fsp3) is 0. The third kappa shape index (κ3) is 2.55. The second kappa shape index (κ2) is 5.31.